The van der Waals surface area contributed by atoms with Crippen molar-refractivity contribution >= 4 is 11.4 Å². The summed E-state index contributed by atoms with van der Waals surface area (Å²) >= 11 is 0. The Morgan fingerprint density at radius 1 is 0.290 bits per heavy atom. The Kier molecular flexibility index (Phi) is 28.7. The van der Waals surface area contributed by atoms with Gasteiger partial charge in [-0.25, -0.2) is 4.70 Å². The Morgan fingerprint density at radius 2 is 0.532 bits per heavy atom. The van der Waals surface area contributed by atoms with E-state index in [2.05, 4.69) is 79.7 Å². The second-order valence-electron chi connectivity index (χ2n) is 19.6. The van der Waals surface area contributed by atoms with Crippen LogP contribution in [0.3, 0.4) is 0 Å². The second kappa shape index (κ2) is 33.1. The topological polar surface area (TPSA) is 25.3 Å². The Bertz CT molecular complexity index is 1420. The summed E-state index contributed by atoms with van der Waals surface area (Å²) in [7, 11) is 0. The van der Waals surface area contributed by atoms with E-state index in [9.17, 15) is 5.53 Å². The minimum Gasteiger partial charge on any atom is -0.493 e. The SMILES string of the molecule is CCCCCCC1=C(c2cc(CCCCCC)c(CCCC)c(CCCCCC)c2)[N+](=[N-])C(c2cc(CCCCCC)c(CCCC)c(CCCCCC)c2)=C1CCCCCC. The lowest BCUT2D eigenvalue weighted by atomic mass is 9.85. The van der Waals surface area contributed by atoms with Gasteiger partial charge in [0.2, 0.25) is 11.4 Å². The number of hydrogen-bond donors (Lipinski definition) is 0. The van der Waals surface area contributed by atoms with Crippen LogP contribution in [0.15, 0.2) is 35.4 Å². The van der Waals surface area contributed by atoms with Crippen LogP contribution in [0.5, 0.6) is 0 Å². The van der Waals surface area contributed by atoms with Gasteiger partial charge in [0.1, 0.15) is 0 Å². The molecule has 0 bridgehead atoms. The van der Waals surface area contributed by atoms with Crippen molar-refractivity contribution in [1.82, 2.24) is 0 Å². The highest BCUT2D eigenvalue weighted by molar-refractivity contribution is 5.83. The summed E-state index contributed by atoms with van der Waals surface area (Å²) in [5, 5.41) is 0. The lowest BCUT2D eigenvalue weighted by Crippen LogP contribution is -2.09. The smallest absolute Gasteiger partial charge is 0.211 e. The number of nitrogens with zero attached hydrogens (tertiary/aromatic N) is 2. The molecule has 0 aromatic heterocycles. The molecule has 0 N–H and O–H groups in total. The maximum absolute atomic E-state index is 13.2. The Morgan fingerprint density at radius 3 is 0.774 bits per heavy atom. The summed E-state index contributed by atoms with van der Waals surface area (Å²) in [4.78, 5) is 0. The minimum absolute atomic E-state index is 1.05. The lowest BCUT2D eigenvalue weighted by molar-refractivity contribution is -0.345. The molecule has 0 aliphatic carbocycles. The first kappa shape index (κ1) is 53.9. The third-order valence-corrected chi connectivity index (χ3v) is 14.1. The van der Waals surface area contributed by atoms with Crippen molar-refractivity contribution in [3.63, 3.8) is 0 Å². The Labute approximate surface area is 386 Å². The van der Waals surface area contributed by atoms with Gasteiger partial charge in [0.15, 0.2) is 0 Å². The zero-order valence-corrected chi connectivity index (χ0v) is 42.7. The summed E-state index contributed by atoms with van der Waals surface area (Å²) in [6.07, 6.45) is 44.7. The number of hydrogen-bond acceptors (Lipinski definition) is 0. The molecule has 0 spiro atoms. The number of aryl methyl sites for hydroxylation is 4. The molecule has 350 valence electrons. The van der Waals surface area contributed by atoms with Gasteiger partial charge < -0.3 is 5.53 Å². The maximum Gasteiger partial charge on any atom is 0.211 e. The molecule has 0 unspecified atom stereocenters. The van der Waals surface area contributed by atoms with Crippen LogP contribution in [0.4, 0.5) is 0 Å². The first-order valence-corrected chi connectivity index (χ1v) is 27.7. The van der Waals surface area contributed by atoms with Gasteiger partial charge in [-0.2, -0.15) is 0 Å². The van der Waals surface area contributed by atoms with Crippen LogP contribution in [0.1, 0.15) is 293 Å². The molecule has 2 nitrogen and oxygen atoms in total. The lowest BCUT2D eigenvalue weighted by Gasteiger charge is -2.20. The normalized spacial score (nSPS) is 13.1. The van der Waals surface area contributed by atoms with E-state index in [0.717, 1.165) is 49.9 Å². The van der Waals surface area contributed by atoms with Gasteiger partial charge in [-0.1, -0.05) is 184 Å². The highest BCUT2D eigenvalue weighted by atomic mass is 15.2. The Hall–Kier alpha value is -2.48. The zero-order chi connectivity index (χ0) is 44.8. The van der Waals surface area contributed by atoms with Crippen molar-refractivity contribution < 1.29 is 4.70 Å². The molecule has 0 saturated heterocycles. The molecular weight excluding hydrogens is 749 g/mol. The van der Waals surface area contributed by atoms with Gasteiger partial charge >= 0.3 is 0 Å². The fourth-order valence-electron chi connectivity index (χ4n) is 10.3. The minimum atomic E-state index is 1.05. The maximum atomic E-state index is 13.2. The molecule has 0 saturated carbocycles. The summed E-state index contributed by atoms with van der Waals surface area (Å²) in [6, 6.07) is 10.3. The van der Waals surface area contributed by atoms with Crippen LogP contribution in [0.2, 0.25) is 0 Å². The number of unbranched alkanes of at least 4 members (excludes halogenated alkanes) is 20. The van der Waals surface area contributed by atoms with Gasteiger partial charge in [0.25, 0.3) is 0 Å². The fourth-order valence-corrected chi connectivity index (χ4v) is 10.3. The van der Waals surface area contributed by atoms with Crippen molar-refractivity contribution in [2.24, 2.45) is 0 Å². The van der Waals surface area contributed by atoms with E-state index in [-0.39, 0.29) is 0 Å². The molecule has 0 atom stereocenters. The van der Waals surface area contributed by atoms with Crippen molar-refractivity contribution in [1.29, 1.82) is 0 Å². The summed E-state index contributed by atoms with van der Waals surface area (Å²) in [5.74, 6) is 0. The van der Waals surface area contributed by atoms with E-state index in [4.69, 9.17) is 0 Å². The predicted molar refractivity (Wildman–Crippen MR) is 276 cm³/mol. The van der Waals surface area contributed by atoms with Gasteiger partial charge in [0.05, 0.1) is 0 Å². The predicted octanol–water partition coefficient (Wildman–Crippen LogP) is 20.0. The molecular formula is C60H100N2. The third kappa shape index (κ3) is 17.8. The standard InChI is InChI=1S/C60H100N2/c1-9-17-25-31-37-49-45-53(46-50(38-32-26-18-10-2)55(49)41-23-15-7)59-57(43-35-29-21-13-5)58(44-36-30-22-14-6)60(62(59)61)54-47-51(39-33-27-19-11-3)56(42-24-16-8)52(48-54)40-34-28-20-12-4/h45-48H,9-44H2,1-8H3. The molecule has 1 heterocycles. The van der Waals surface area contributed by atoms with Crippen LogP contribution in [0, 0.1) is 0 Å². The van der Waals surface area contributed by atoms with E-state index >= 15 is 0 Å². The van der Waals surface area contributed by atoms with E-state index in [1.54, 1.807) is 38.1 Å². The number of allylic oxidation sites excluding steroid dienone is 2. The van der Waals surface area contributed by atoms with E-state index in [0.29, 0.717) is 0 Å². The van der Waals surface area contributed by atoms with Gasteiger partial charge in [-0.3, -0.25) is 0 Å². The van der Waals surface area contributed by atoms with Crippen molar-refractivity contribution in [3.05, 3.63) is 85.5 Å². The quantitative estimate of drug-likeness (QED) is 0.0475. The molecule has 0 radical (unpaired) electrons. The zero-order valence-electron chi connectivity index (χ0n) is 42.7. The average molecular weight is 849 g/mol. The molecule has 3 rings (SSSR count). The van der Waals surface area contributed by atoms with E-state index < -0.39 is 0 Å². The second-order valence-corrected chi connectivity index (χ2v) is 19.6. The van der Waals surface area contributed by atoms with E-state index in [1.807, 2.05) is 0 Å². The molecule has 1 aliphatic heterocycles. The number of benzene rings is 2. The summed E-state index contributed by atoms with van der Waals surface area (Å²) in [6.45, 7) is 18.7. The van der Waals surface area contributed by atoms with Crippen LogP contribution < -0.4 is 0 Å². The highest BCUT2D eigenvalue weighted by Gasteiger charge is 2.36. The average Bonchev–Trinajstić information content (AvgIpc) is 3.55. The monoisotopic (exact) mass is 849 g/mol. The van der Waals surface area contributed by atoms with Crippen LogP contribution >= 0.6 is 0 Å². The molecule has 2 aromatic rings. The first-order valence-electron chi connectivity index (χ1n) is 27.7. The molecule has 0 amide bonds. The molecule has 0 fully saturated rings. The van der Waals surface area contributed by atoms with Crippen LogP contribution in [-0.2, 0) is 38.5 Å². The van der Waals surface area contributed by atoms with Crippen LogP contribution in [0.25, 0.3) is 16.9 Å². The third-order valence-electron chi connectivity index (χ3n) is 14.1. The number of rotatable bonds is 38. The van der Waals surface area contributed by atoms with Crippen molar-refractivity contribution in [2.75, 3.05) is 0 Å². The summed E-state index contributed by atoms with van der Waals surface area (Å²) in [5.41, 5.74) is 30.5. The van der Waals surface area contributed by atoms with Crippen molar-refractivity contribution in [3.8, 4) is 0 Å². The highest BCUT2D eigenvalue weighted by Crippen LogP contribution is 2.46. The fraction of sp³-hybridized carbons (Fsp3) is 0.733. The molecule has 62 heavy (non-hydrogen) atoms. The van der Waals surface area contributed by atoms with Crippen LogP contribution in [-0.4, -0.2) is 4.70 Å². The van der Waals surface area contributed by atoms with Gasteiger partial charge in [0, 0.05) is 22.3 Å². The molecule has 2 heteroatoms. The molecule has 2 aromatic carbocycles. The Balaban J connectivity index is 2.37. The largest absolute Gasteiger partial charge is 0.493 e. The summed E-state index contributed by atoms with van der Waals surface area (Å²) < 4.78 is 1.77. The van der Waals surface area contributed by atoms with E-state index in [1.165, 1.54) is 215 Å². The van der Waals surface area contributed by atoms with Gasteiger partial charge in [-0.05, 0) is 160 Å². The van der Waals surface area contributed by atoms with Gasteiger partial charge in [-0.15, -0.1) is 0 Å². The van der Waals surface area contributed by atoms with Crippen molar-refractivity contribution in [2.45, 2.75) is 287 Å². The molecule has 1 aliphatic rings. The first-order chi connectivity index (χ1) is 30.4.